The van der Waals surface area contributed by atoms with Crippen LogP contribution in [0.5, 0.6) is 5.75 Å². The molecule has 0 aliphatic carbocycles. The van der Waals surface area contributed by atoms with Crippen LogP contribution in [0.25, 0.3) is 10.9 Å². The highest BCUT2D eigenvalue weighted by Gasteiger charge is 2.11. The first-order chi connectivity index (χ1) is 15.2. The molecule has 0 bridgehead atoms. The fourth-order valence-electron chi connectivity index (χ4n) is 3.26. The number of aryl methyl sites for hydroxylation is 1. The van der Waals surface area contributed by atoms with Crippen LogP contribution in [0.4, 0.5) is 17.2 Å². The summed E-state index contributed by atoms with van der Waals surface area (Å²) in [5.74, 6) is 1.55. The lowest BCUT2D eigenvalue weighted by atomic mass is 10.1. The van der Waals surface area contributed by atoms with Crippen molar-refractivity contribution in [1.29, 1.82) is 0 Å². The maximum Gasteiger partial charge on any atom is 0.289 e. The summed E-state index contributed by atoms with van der Waals surface area (Å²) >= 11 is 1.58. The second-order valence-corrected chi connectivity index (χ2v) is 7.91. The van der Waals surface area contributed by atoms with Gasteiger partial charge in [-0.1, -0.05) is 0 Å². The largest absolute Gasteiger partial charge is 0.486 e. The predicted octanol–water partition coefficient (Wildman–Crippen LogP) is 4.52. The Hall–Kier alpha value is -3.72. The number of thiazole rings is 1. The van der Waals surface area contributed by atoms with Crippen molar-refractivity contribution in [3.05, 3.63) is 64.9 Å². The number of amidine groups is 1. The quantitative estimate of drug-likeness (QED) is 0.463. The van der Waals surface area contributed by atoms with Gasteiger partial charge in [0.15, 0.2) is 0 Å². The maximum absolute atomic E-state index is 5.90. The van der Waals surface area contributed by atoms with Gasteiger partial charge in [-0.25, -0.2) is 19.9 Å². The summed E-state index contributed by atoms with van der Waals surface area (Å²) in [5, 5.41) is 10.4. The van der Waals surface area contributed by atoms with E-state index in [0.29, 0.717) is 25.8 Å². The molecule has 9 heteroatoms. The number of hydrogen-bond donors (Lipinski definition) is 2. The van der Waals surface area contributed by atoms with Crippen LogP contribution >= 0.6 is 11.3 Å². The second kappa shape index (κ2) is 8.57. The summed E-state index contributed by atoms with van der Waals surface area (Å²) < 4.78 is 11.3. The van der Waals surface area contributed by atoms with Crippen molar-refractivity contribution >= 4 is 45.5 Å². The van der Waals surface area contributed by atoms with Gasteiger partial charge < -0.3 is 20.1 Å². The van der Waals surface area contributed by atoms with Crippen molar-refractivity contribution in [2.45, 2.75) is 13.5 Å². The third-order valence-corrected chi connectivity index (χ3v) is 5.50. The van der Waals surface area contributed by atoms with E-state index in [2.05, 4.69) is 30.6 Å². The van der Waals surface area contributed by atoms with Crippen molar-refractivity contribution in [2.75, 3.05) is 23.8 Å². The Kier molecular flexibility index (Phi) is 5.32. The van der Waals surface area contributed by atoms with Crippen molar-refractivity contribution in [3.8, 4) is 5.75 Å². The van der Waals surface area contributed by atoms with E-state index in [1.807, 2.05) is 48.7 Å². The Balaban J connectivity index is 1.36. The van der Waals surface area contributed by atoms with Crippen molar-refractivity contribution < 1.29 is 9.47 Å². The molecule has 0 saturated heterocycles. The molecule has 0 atom stereocenters. The van der Waals surface area contributed by atoms with Gasteiger partial charge in [0, 0.05) is 28.3 Å². The SMILES string of the molecule is Cc1cc(Nc2ncnc3ccc(NC4=NCCO4)cc23)ccc1OCc1nccs1. The molecule has 0 amide bonds. The summed E-state index contributed by atoms with van der Waals surface area (Å²) in [4.78, 5) is 17.3. The number of hydrogen-bond acceptors (Lipinski definition) is 9. The highest BCUT2D eigenvalue weighted by Crippen LogP contribution is 2.29. The molecule has 2 aromatic carbocycles. The van der Waals surface area contributed by atoms with E-state index in [1.54, 1.807) is 23.9 Å². The lowest BCUT2D eigenvalue weighted by Gasteiger charge is -2.13. The average molecular weight is 433 g/mol. The topological polar surface area (TPSA) is 93.6 Å². The van der Waals surface area contributed by atoms with Crippen LogP contribution < -0.4 is 15.4 Å². The van der Waals surface area contributed by atoms with Crippen LogP contribution in [-0.2, 0) is 11.3 Å². The van der Waals surface area contributed by atoms with Crippen molar-refractivity contribution in [3.63, 3.8) is 0 Å². The minimum Gasteiger partial charge on any atom is -0.486 e. The van der Waals surface area contributed by atoms with E-state index < -0.39 is 0 Å². The summed E-state index contributed by atoms with van der Waals surface area (Å²) in [6, 6.07) is 12.4. The molecule has 0 radical (unpaired) electrons. The highest BCUT2D eigenvalue weighted by atomic mass is 32.1. The van der Waals surface area contributed by atoms with Gasteiger partial charge in [0.1, 0.15) is 36.1 Å². The fourth-order valence-corrected chi connectivity index (χ4v) is 3.79. The monoisotopic (exact) mass is 432 g/mol. The Morgan fingerprint density at radius 2 is 1.97 bits per heavy atom. The maximum atomic E-state index is 5.90. The molecule has 0 spiro atoms. The first-order valence-electron chi connectivity index (χ1n) is 9.82. The summed E-state index contributed by atoms with van der Waals surface area (Å²) in [7, 11) is 0. The molecule has 31 heavy (non-hydrogen) atoms. The Bertz CT molecular complexity index is 1240. The Labute approximate surface area is 183 Å². The standard InChI is InChI=1S/C22H20N6O2S/c1-14-10-15(3-5-19(14)30-12-20-23-7-9-31-20)27-21-17-11-16(28-22-24-6-8-29-22)2-4-18(17)25-13-26-21/h2-5,7,9-11,13H,6,8,12H2,1H3,(H,24,28)(H,25,26,27). The number of aromatic nitrogens is 3. The molecular formula is C22H20N6O2S. The van der Waals surface area contributed by atoms with Crippen LogP contribution in [0.1, 0.15) is 10.6 Å². The summed E-state index contributed by atoms with van der Waals surface area (Å²) in [6.07, 6.45) is 3.34. The van der Waals surface area contributed by atoms with Gasteiger partial charge in [0.25, 0.3) is 6.02 Å². The minimum absolute atomic E-state index is 0.465. The average Bonchev–Trinajstić information content (AvgIpc) is 3.48. The molecule has 156 valence electrons. The molecule has 8 nitrogen and oxygen atoms in total. The first kappa shape index (κ1) is 19.3. The van der Waals surface area contributed by atoms with Gasteiger partial charge in [-0.2, -0.15) is 0 Å². The van der Waals surface area contributed by atoms with E-state index in [9.17, 15) is 0 Å². The number of aliphatic imine (C=N–C) groups is 1. The zero-order valence-corrected chi connectivity index (χ0v) is 17.6. The predicted molar refractivity (Wildman–Crippen MR) is 122 cm³/mol. The van der Waals surface area contributed by atoms with Crippen LogP contribution in [0.3, 0.4) is 0 Å². The lowest BCUT2D eigenvalue weighted by Crippen LogP contribution is -2.11. The second-order valence-electron chi connectivity index (χ2n) is 6.93. The molecule has 5 rings (SSSR count). The highest BCUT2D eigenvalue weighted by molar-refractivity contribution is 7.09. The van der Waals surface area contributed by atoms with E-state index in [4.69, 9.17) is 9.47 Å². The van der Waals surface area contributed by atoms with E-state index in [1.165, 1.54) is 0 Å². The number of ether oxygens (including phenoxy) is 2. The smallest absolute Gasteiger partial charge is 0.289 e. The molecule has 2 N–H and O–H groups in total. The molecule has 0 saturated carbocycles. The van der Waals surface area contributed by atoms with Gasteiger partial charge in [0.2, 0.25) is 0 Å². The Morgan fingerprint density at radius 1 is 1.06 bits per heavy atom. The zero-order chi connectivity index (χ0) is 21.0. The van der Waals surface area contributed by atoms with E-state index in [0.717, 1.165) is 44.4 Å². The van der Waals surface area contributed by atoms with Crippen LogP contribution in [-0.4, -0.2) is 34.1 Å². The molecule has 3 heterocycles. The molecule has 1 aliphatic heterocycles. The van der Waals surface area contributed by atoms with Gasteiger partial charge in [-0.3, -0.25) is 0 Å². The third-order valence-electron chi connectivity index (χ3n) is 4.74. The van der Waals surface area contributed by atoms with Gasteiger partial charge >= 0.3 is 0 Å². The molecule has 2 aromatic heterocycles. The molecular weight excluding hydrogens is 412 g/mol. The van der Waals surface area contributed by atoms with Crippen LogP contribution in [0.15, 0.2) is 59.3 Å². The Morgan fingerprint density at radius 3 is 2.77 bits per heavy atom. The van der Waals surface area contributed by atoms with Gasteiger partial charge in [0.05, 0.1) is 12.1 Å². The van der Waals surface area contributed by atoms with Crippen molar-refractivity contribution in [1.82, 2.24) is 15.0 Å². The number of nitrogens with zero attached hydrogens (tertiary/aromatic N) is 4. The van der Waals surface area contributed by atoms with E-state index >= 15 is 0 Å². The van der Waals surface area contributed by atoms with Crippen LogP contribution in [0, 0.1) is 6.92 Å². The van der Waals surface area contributed by atoms with Crippen LogP contribution in [0.2, 0.25) is 0 Å². The number of fused-ring (bicyclic) bond motifs is 1. The minimum atomic E-state index is 0.465. The summed E-state index contributed by atoms with van der Waals surface area (Å²) in [5.41, 5.74) is 3.66. The molecule has 0 unspecified atom stereocenters. The molecule has 4 aromatic rings. The molecule has 1 aliphatic rings. The molecule has 0 fully saturated rings. The number of benzene rings is 2. The lowest BCUT2D eigenvalue weighted by molar-refractivity contribution is 0.303. The first-order valence-corrected chi connectivity index (χ1v) is 10.7. The zero-order valence-electron chi connectivity index (χ0n) is 16.8. The summed E-state index contributed by atoms with van der Waals surface area (Å²) in [6.45, 7) is 3.76. The van der Waals surface area contributed by atoms with Gasteiger partial charge in [-0.05, 0) is 48.9 Å². The number of rotatable bonds is 6. The van der Waals surface area contributed by atoms with Crippen molar-refractivity contribution in [2.24, 2.45) is 4.99 Å². The third kappa shape index (κ3) is 4.41. The fraction of sp³-hybridized carbons (Fsp3) is 0.182. The number of nitrogens with one attached hydrogen (secondary N) is 2. The normalized spacial score (nSPS) is 13.0. The van der Waals surface area contributed by atoms with E-state index in [-0.39, 0.29) is 0 Å². The number of anilines is 3. The van der Waals surface area contributed by atoms with Gasteiger partial charge in [-0.15, -0.1) is 11.3 Å².